The number of hydrogen-bond donors (Lipinski definition) is 1. The van der Waals surface area contributed by atoms with Gasteiger partial charge in [0.25, 0.3) is 0 Å². The number of rotatable bonds is 5. The van der Waals surface area contributed by atoms with Gasteiger partial charge in [-0.2, -0.15) is 0 Å². The molecule has 0 bridgehead atoms. The van der Waals surface area contributed by atoms with Crippen LogP contribution in [0.25, 0.3) is 0 Å². The summed E-state index contributed by atoms with van der Waals surface area (Å²) < 4.78 is 5.45. The number of aromatic nitrogens is 2. The van der Waals surface area contributed by atoms with Gasteiger partial charge in [-0.05, 0) is 13.0 Å². The minimum Gasteiger partial charge on any atom is -0.441 e. The molecule has 0 amide bonds. The number of nitrogens with zero attached hydrogens (tertiary/aromatic N) is 3. The second-order valence-electron chi connectivity index (χ2n) is 4.89. The molecule has 6 heteroatoms. The van der Waals surface area contributed by atoms with Crippen LogP contribution in [0.1, 0.15) is 22.6 Å². The minimum atomic E-state index is 0.225. The van der Waals surface area contributed by atoms with Gasteiger partial charge < -0.3 is 15.0 Å². The van der Waals surface area contributed by atoms with E-state index in [2.05, 4.69) is 15.1 Å². The van der Waals surface area contributed by atoms with Gasteiger partial charge in [-0.3, -0.25) is 0 Å². The van der Waals surface area contributed by atoms with E-state index < -0.39 is 0 Å². The molecule has 0 fully saturated rings. The molecule has 6 nitrogen and oxygen atoms in total. The molecule has 0 aliphatic rings. The van der Waals surface area contributed by atoms with Crippen molar-refractivity contribution in [1.29, 1.82) is 0 Å². The molecule has 3 aromatic rings. The van der Waals surface area contributed by atoms with Crippen LogP contribution in [-0.4, -0.2) is 15.7 Å². The lowest BCUT2D eigenvalue weighted by Gasteiger charge is -2.06. The number of hydrogen-bond acceptors (Lipinski definition) is 6. The minimum absolute atomic E-state index is 0.225. The maximum atomic E-state index is 5.80. The van der Waals surface area contributed by atoms with Crippen molar-refractivity contribution in [1.82, 2.24) is 9.97 Å². The predicted octanol–water partition coefficient (Wildman–Crippen LogP) is 2.93. The Labute approximate surface area is 133 Å². The highest BCUT2D eigenvalue weighted by Gasteiger charge is 2.15. The molecule has 0 radical (unpaired) electrons. The summed E-state index contributed by atoms with van der Waals surface area (Å²) in [6.07, 6.45) is 3.03. The third kappa shape index (κ3) is 3.37. The van der Waals surface area contributed by atoms with E-state index in [0.717, 1.165) is 16.8 Å². The Balaban J connectivity index is 1.87. The molecule has 1 aromatic carbocycles. The summed E-state index contributed by atoms with van der Waals surface area (Å²) in [7, 11) is 0. The zero-order valence-electron chi connectivity index (χ0n) is 12.6. The van der Waals surface area contributed by atoms with Crippen molar-refractivity contribution in [2.45, 2.75) is 13.5 Å². The van der Waals surface area contributed by atoms with Crippen molar-refractivity contribution in [3.05, 3.63) is 77.6 Å². The highest BCUT2D eigenvalue weighted by Crippen LogP contribution is 2.15. The molecule has 2 heterocycles. The Morgan fingerprint density at radius 1 is 1.17 bits per heavy atom. The van der Waals surface area contributed by atoms with Crippen LogP contribution >= 0.6 is 0 Å². The summed E-state index contributed by atoms with van der Waals surface area (Å²) in [4.78, 5) is 13.6. The van der Waals surface area contributed by atoms with Crippen LogP contribution in [0.15, 0.2) is 64.6 Å². The Morgan fingerprint density at radius 2 is 2.00 bits per heavy atom. The lowest BCUT2D eigenvalue weighted by atomic mass is 10.1. The highest BCUT2D eigenvalue weighted by molar-refractivity contribution is 6.11. The summed E-state index contributed by atoms with van der Waals surface area (Å²) >= 11 is 0. The van der Waals surface area contributed by atoms with E-state index >= 15 is 0 Å². The van der Waals surface area contributed by atoms with Crippen LogP contribution in [-0.2, 0) is 11.4 Å². The molecule has 0 spiro atoms. The first-order valence-electron chi connectivity index (χ1n) is 7.11. The maximum absolute atomic E-state index is 5.80. The highest BCUT2D eigenvalue weighted by atomic mass is 16.6. The van der Waals surface area contributed by atoms with Crippen molar-refractivity contribution in [3.8, 4) is 0 Å². The van der Waals surface area contributed by atoms with Gasteiger partial charge in [-0.15, -0.1) is 0 Å². The molecule has 0 aliphatic carbocycles. The van der Waals surface area contributed by atoms with Gasteiger partial charge in [0.1, 0.15) is 12.4 Å². The van der Waals surface area contributed by atoms with Gasteiger partial charge in [0.15, 0.2) is 17.9 Å². The van der Waals surface area contributed by atoms with Crippen LogP contribution in [0.5, 0.6) is 0 Å². The fraction of sp³-hybridized carbons (Fsp3) is 0.118. The van der Waals surface area contributed by atoms with E-state index in [0.29, 0.717) is 17.3 Å². The van der Waals surface area contributed by atoms with Crippen molar-refractivity contribution in [2.24, 2.45) is 5.16 Å². The van der Waals surface area contributed by atoms with Gasteiger partial charge >= 0.3 is 0 Å². The molecule has 0 saturated carbocycles. The summed E-state index contributed by atoms with van der Waals surface area (Å²) in [6.45, 7) is 2.08. The van der Waals surface area contributed by atoms with Crippen LogP contribution in [0, 0.1) is 6.92 Å². The van der Waals surface area contributed by atoms with E-state index in [9.17, 15) is 0 Å². The molecule has 0 saturated heterocycles. The Morgan fingerprint density at radius 3 is 2.70 bits per heavy atom. The molecule has 0 atom stereocenters. The predicted molar refractivity (Wildman–Crippen MR) is 86.8 cm³/mol. The summed E-state index contributed by atoms with van der Waals surface area (Å²) in [5.41, 5.74) is 8.79. The largest absolute Gasteiger partial charge is 0.441 e. The number of pyridine rings is 1. The van der Waals surface area contributed by atoms with Crippen molar-refractivity contribution in [2.75, 3.05) is 5.73 Å². The molecule has 2 aromatic heterocycles. The quantitative estimate of drug-likeness (QED) is 0.578. The molecule has 0 unspecified atom stereocenters. The third-order valence-electron chi connectivity index (χ3n) is 3.31. The van der Waals surface area contributed by atoms with E-state index in [1.54, 1.807) is 12.3 Å². The van der Waals surface area contributed by atoms with Gasteiger partial charge in [0.2, 0.25) is 0 Å². The van der Waals surface area contributed by atoms with Crippen LogP contribution in [0.3, 0.4) is 0 Å². The van der Waals surface area contributed by atoms with E-state index in [1.165, 1.54) is 6.39 Å². The fourth-order valence-corrected chi connectivity index (χ4v) is 2.09. The number of oxazole rings is 1. The molecule has 116 valence electrons. The fourth-order valence-electron chi connectivity index (χ4n) is 2.09. The van der Waals surface area contributed by atoms with Crippen LogP contribution in [0.2, 0.25) is 0 Å². The van der Waals surface area contributed by atoms with Gasteiger partial charge in [-0.25, -0.2) is 9.97 Å². The first kappa shape index (κ1) is 14.8. The first-order chi connectivity index (χ1) is 11.3. The Bertz CT molecular complexity index is 812. The van der Waals surface area contributed by atoms with Crippen molar-refractivity contribution in [3.63, 3.8) is 0 Å². The number of aryl methyl sites for hydroxylation is 1. The number of anilines is 1. The summed E-state index contributed by atoms with van der Waals surface area (Å²) in [5.74, 6) is 1.01. The number of nitrogens with two attached hydrogens (primary N) is 1. The molecular formula is C17H16N4O2. The average Bonchev–Trinajstić information content (AvgIpc) is 3.00. The zero-order valence-corrected chi connectivity index (χ0v) is 12.6. The average molecular weight is 308 g/mol. The zero-order chi connectivity index (χ0) is 16.1. The SMILES string of the molecule is Cc1ncoc1C(=NOCc1cccnc1N)c1ccccc1. The van der Waals surface area contributed by atoms with Crippen LogP contribution in [0.4, 0.5) is 5.82 Å². The van der Waals surface area contributed by atoms with Gasteiger partial charge in [-0.1, -0.05) is 41.6 Å². The second-order valence-corrected chi connectivity index (χ2v) is 4.89. The molecule has 2 N–H and O–H groups in total. The molecule has 3 rings (SSSR count). The molecule has 0 aliphatic heterocycles. The molecule has 23 heavy (non-hydrogen) atoms. The van der Waals surface area contributed by atoms with Crippen molar-refractivity contribution < 1.29 is 9.25 Å². The summed E-state index contributed by atoms with van der Waals surface area (Å²) in [5, 5.41) is 4.23. The monoisotopic (exact) mass is 308 g/mol. The Kier molecular flexibility index (Phi) is 4.33. The smallest absolute Gasteiger partial charge is 0.181 e. The second kappa shape index (κ2) is 6.74. The normalized spacial score (nSPS) is 11.4. The van der Waals surface area contributed by atoms with E-state index in [-0.39, 0.29) is 6.61 Å². The van der Waals surface area contributed by atoms with Gasteiger partial charge in [0.05, 0.1) is 5.69 Å². The Hall–Kier alpha value is -3.15. The van der Waals surface area contributed by atoms with Crippen LogP contribution < -0.4 is 5.73 Å². The van der Waals surface area contributed by atoms with E-state index in [4.69, 9.17) is 15.0 Å². The number of benzene rings is 1. The number of oxime groups is 1. The standard InChI is InChI=1S/C17H16N4O2/c1-12-16(22-11-20-12)15(13-6-3-2-4-7-13)21-23-10-14-8-5-9-19-17(14)18/h2-9,11H,10H2,1H3,(H2,18,19). The number of nitrogen functional groups attached to an aromatic ring is 1. The van der Waals surface area contributed by atoms with Gasteiger partial charge in [0, 0.05) is 17.3 Å². The third-order valence-corrected chi connectivity index (χ3v) is 3.31. The lowest BCUT2D eigenvalue weighted by molar-refractivity contribution is 0.130. The topological polar surface area (TPSA) is 86.5 Å². The maximum Gasteiger partial charge on any atom is 0.181 e. The van der Waals surface area contributed by atoms with E-state index in [1.807, 2.05) is 43.3 Å². The van der Waals surface area contributed by atoms with Crippen molar-refractivity contribution >= 4 is 11.5 Å². The lowest BCUT2D eigenvalue weighted by Crippen LogP contribution is -2.06. The molecular weight excluding hydrogens is 292 g/mol. The summed E-state index contributed by atoms with van der Waals surface area (Å²) in [6, 6.07) is 13.3. The first-order valence-corrected chi connectivity index (χ1v) is 7.11.